The minimum atomic E-state index is -0.325. The van der Waals surface area contributed by atoms with Crippen LogP contribution in [0, 0.1) is 29.6 Å². The topological polar surface area (TPSA) is 109 Å². The second-order valence-corrected chi connectivity index (χ2v) is 12.1. The van der Waals surface area contributed by atoms with E-state index in [0.29, 0.717) is 50.6 Å². The normalized spacial score (nSPS) is 21.7. The van der Waals surface area contributed by atoms with Gasteiger partial charge in [-0.3, -0.25) is 9.69 Å². The van der Waals surface area contributed by atoms with Gasteiger partial charge in [0.2, 0.25) is 11.8 Å². The number of carbonyl (C=O) groups is 1. The summed E-state index contributed by atoms with van der Waals surface area (Å²) in [6, 6.07) is 17.1. The monoisotopic (exact) mass is 605 g/mol. The van der Waals surface area contributed by atoms with Crippen LogP contribution >= 0.6 is 0 Å². The number of pyridine rings is 1. The molecule has 10 heteroatoms. The summed E-state index contributed by atoms with van der Waals surface area (Å²) >= 11 is 0. The van der Waals surface area contributed by atoms with Crippen molar-refractivity contribution in [2.24, 2.45) is 0 Å². The van der Waals surface area contributed by atoms with E-state index in [1.165, 1.54) is 22.4 Å². The molecular formula is C35H39N7O3. The SMILES string of the molecule is C=CC(=O)N1CCN(c2c(C#N)c(O[C@@H]3CN(C)C[C@H]3OC)nc3c2CCN(c2cccc4cccc(C)c24)C3)CC1CC#N. The molecule has 3 aliphatic rings. The Labute approximate surface area is 264 Å². The van der Waals surface area contributed by atoms with Gasteiger partial charge in [-0.1, -0.05) is 36.9 Å². The third-order valence-electron chi connectivity index (χ3n) is 9.38. The van der Waals surface area contributed by atoms with Crippen LogP contribution in [0.4, 0.5) is 11.4 Å². The molecule has 2 fully saturated rings. The Morgan fingerprint density at radius 3 is 2.60 bits per heavy atom. The summed E-state index contributed by atoms with van der Waals surface area (Å²) < 4.78 is 12.3. The Morgan fingerprint density at radius 1 is 1.09 bits per heavy atom. The van der Waals surface area contributed by atoms with E-state index in [1.54, 1.807) is 12.0 Å². The third kappa shape index (κ3) is 5.68. The summed E-state index contributed by atoms with van der Waals surface area (Å²) in [7, 11) is 3.70. The van der Waals surface area contributed by atoms with Crippen molar-refractivity contribution >= 4 is 28.1 Å². The van der Waals surface area contributed by atoms with Gasteiger partial charge in [0.15, 0.2) is 0 Å². The molecule has 10 nitrogen and oxygen atoms in total. The summed E-state index contributed by atoms with van der Waals surface area (Å²) in [6.07, 6.45) is 1.75. The lowest BCUT2D eigenvalue weighted by atomic mass is 9.95. The van der Waals surface area contributed by atoms with Gasteiger partial charge in [-0.05, 0) is 43.5 Å². The zero-order valence-corrected chi connectivity index (χ0v) is 26.2. The van der Waals surface area contributed by atoms with Crippen molar-refractivity contribution in [3.05, 3.63) is 71.4 Å². The van der Waals surface area contributed by atoms with Crippen LogP contribution in [0.5, 0.6) is 5.88 Å². The molecule has 232 valence electrons. The first-order valence-corrected chi connectivity index (χ1v) is 15.5. The number of likely N-dealkylation sites (tertiary alicyclic amines) is 1. The number of nitriles is 2. The van der Waals surface area contributed by atoms with Gasteiger partial charge in [-0.25, -0.2) is 4.98 Å². The van der Waals surface area contributed by atoms with Crippen molar-refractivity contribution in [2.45, 2.75) is 44.6 Å². The molecule has 6 rings (SSSR count). The van der Waals surface area contributed by atoms with Crippen LogP contribution in [-0.4, -0.2) is 92.4 Å². The van der Waals surface area contributed by atoms with Crippen LogP contribution in [0.2, 0.25) is 0 Å². The maximum atomic E-state index is 12.6. The molecule has 3 aromatic rings. The van der Waals surface area contributed by atoms with E-state index in [9.17, 15) is 15.3 Å². The van der Waals surface area contributed by atoms with Gasteiger partial charge in [0, 0.05) is 63.0 Å². The molecule has 2 saturated heterocycles. The number of aryl methyl sites for hydroxylation is 1. The molecule has 0 radical (unpaired) electrons. The Kier molecular flexibility index (Phi) is 8.62. The van der Waals surface area contributed by atoms with Crippen molar-refractivity contribution in [1.82, 2.24) is 14.8 Å². The number of aromatic nitrogens is 1. The molecule has 4 heterocycles. The van der Waals surface area contributed by atoms with Crippen LogP contribution < -0.4 is 14.5 Å². The molecule has 0 bridgehead atoms. The van der Waals surface area contributed by atoms with E-state index in [0.717, 1.165) is 35.7 Å². The number of benzene rings is 2. The van der Waals surface area contributed by atoms with Crippen molar-refractivity contribution in [2.75, 3.05) is 63.2 Å². The average Bonchev–Trinajstić information content (AvgIpc) is 3.42. The number of ether oxygens (including phenoxy) is 2. The molecule has 45 heavy (non-hydrogen) atoms. The minimum absolute atomic E-state index is 0.147. The number of anilines is 2. The summed E-state index contributed by atoms with van der Waals surface area (Å²) in [5.74, 6) is 0.124. The van der Waals surface area contributed by atoms with E-state index < -0.39 is 0 Å². The number of amides is 1. The zero-order chi connectivity index (χ0) is 31.7. The molecular weight excluding hydrogens is 566 g/mol. The number of hydrogen-bond donors (Lipinski definition) is 0. The quantitative estimate of drug-likeness (QED) is 0.372. The summed E-state index contributed by atoms with van der Waals surface area (Å²) in [5, 5.41) is 22.7. The van der Waals surface area contributed by atoms with Crippen LogP contribution in [0.25, 0.3) is 10.8 Å². The van der Waals surface area contributed by atoms with E-state index >= 15 is 0 Å². The lowest BCUT2D eigenvalue weighted by Crippen LogP contribution is -2.55. The predicted octanol–water partition coefficient (Wildman–Crippen LogP) is 3.80. The fourth-order valence-electron chi connectivity index (χ4n) is 7.20. The molecule has 0 saturated carbocycles. The standard InChI is InChI=1S/C35H39N7O3/c1-5-32(43)42-17-16-41(19-25(42)12-14-36)34-26-13-15-40(29-11-7-10-24-9-6-8-23(2)33(24)29)20-28(26)38-35(27(34)18-37)45-31-22-39(3)21-30(31)44-4/h5-11,25,30-31H,1,12-13,15-17,19-22H2,2-4H3/t25?,30-,31-/m1/s1. The Hall–Kier alpha value is -4.64. The van der Waals surface area contributed by atoms with Gasteiger partial charge in [0.1, 0.15) is 23.8 Å². The first kappa shape index (κ1) is 30.4. The highest BCUT2D eigenvalue weighted by molar-refractivity contribution is 5.97. The molecule has 1 aromatic heterocycles. The van der Waals surface area contributed by atoms with Crippen LogP contribution in [-0.2, 0) is 22.5 Å². The van der Waals surface area contributed by atoms with Gasteiger partial charge in [-0.15, -0.1) is 0 Å². The summed E-state index contributed by atoms with van der Waals surface area (Å²) in [6.45, 7) is 9.88. The number of methoxy groups -OCH3 is 1. The van der Waals surface area contributed by atoms with Crippen molar-refractivity contribution in [3.8, 4) is 18.0 Å². The van der Waals surface area contributed by atoms with E-state index in [1.807, 2.05) is 7.05 Å². The van der Waals surface area contributed by atoms with Crippen LogP contribution in [0.15, 0.2) is 49.1 Å². The van der Waals surface area contributed by atoms with E-state index in [-0.39, 0.29) is 30.6 Å². The fraction of sp³-hybridized carbons (Fsp3) is 0.429. The Bertz CT molecular complexity index is 1700. The molecule has 3 aliphatic heterocycles. The molecule has 0 aliphatic carbocycles. The summed E-state index contributed by atoms with van der Waals surface area (Å²) in [5.41, 5.74) is 5.48. The largest absolute Gasteiger partial charge is 0.469 e. The lowest BCUT2D eigenvalue weighted by Gasteiger charge is -2.43. The number of rotatable bonds is 7. The number of likely N-dealkylation sites (N-methyl/N-ethyl adjacent to an activating group) is 1. The highest BCUT2D eigenvalue weighted by Gasteiger charge is 2.38. The number of hydrogen-bond acceptors (Lipinski definition) is 9. The van der Waals surface area contributed by atoms with Crippen molar-refractivity contribution in [3.63, 3.8) is 0 Å². The van der Waals surface area contributed by atoms with Gasteiger partial charge < -0.3 is 24.2 Å². The smallest absolute Gasteiger partial charge is 0.246 e. The number of carbonyl (C=O) groups excluding carboxylic acids is 1. The molecule has 1 amide bonds. The predicted molar refractivity (Wildman–Crippen MR) is 173 cm³/mol. The first-order chi connectivity index (χ1) is 21.9. The Morgan fingerprint density at radius 2 is 1.87 bits per heavy atom. The maximum Gasteiger partial charge on any atom is 0.246 e. The van der Waals surface area contributed by atoms with E-state index in [4.69, 9.17) is 14.5 Å². The average molecular weight is 606 g/mol. The molecule has 2 aromatic carbocycles. The first-order valence-electron chi connectivity index (χ1n) is 15.5. The zero-order valence-electron chi connectivity index (χ0n) is 26.2. The number of nitrogens with zero attached hydrogens (tertiary/aromatic N) is 7. The van der Waals surface area contributed by atoms with Crippen molar-refractivity contribution < 1.29 is 14.3 Å². The number of fused-ring (bicyclic) bond motifs is 2. The van der Waals surface area contributed by atoms with Gasteiger partial charge in [-0.2, -0.15) is 10.5 Å². The third-order valence-corrected chi connectivity index (χ3v) is 9.38. The Balaban J connectivity index is 1.44. The highest BCUT2D eigenvalue weighted by Crippen LogP contribution is 2.40. The minimum Gasteiger partial charge on any atom is -0.469 e. The molecule has 1 unspecified atom stereocenters. The molecule has 3 atom stereocenters. The lowest BCUT2D eigenvalue weighted by molar-refractivity contribution is -0.128. The second-order valence-electron chi connectivity index (χ2n) is 12.1. The van der Waals surface area contributed by atoms with Gasteiger partial charge in [0.05, 0.1) is 36.5 Å². The fourth-order valence-corrected chi connectivity index (χ4v) is 7.20. The second kappa shape index (κ2) is 12.8. The van der Waals surface area contributed by atoms with Crippen LogP contribution in [0.1, 0.15) is 28.8 Å². The summed E-state index contributed by atoms with van der Waals surface area (Å²) in [4.78, 5) is 26.1. The van der Waals surface area contributed by atoms with Gasteiger partial charge >= 0.3 is 0 Å². The van der Waals surface area contributed by atoms with Gasteiger partial charge in [0.25, 0.3) is 0 Å². The number of piperazine rings is 1. The highest BCUT2D eigenvalue weighted by atomic mass is 16.5. The van der Waals surface area contributed by atoms with E-state index in [2.05, 4.69) is 76.7 Å². The molecule has 0 N–H and O–H groups in total. The van der Waals surface area contributed by atoms with Crippen LogP contribution in [0.3, 0.4) is 0 Å². The van der Waals surface area contributed by atoms with Crippen molar-refractivity contribution in [1.29, 1.82) is 10.5 Å². The maximum absolute atomic E-state index is 12.6. The molecule has 0 spiro atoms.